The molecule has 2 aromatic rings. The van der Waals surface area contributed by atoms with Gasteiger partial charge in [0, 0.05) is 16.3 Å². The first-order valence-electron chi connectivity index (χ1n) is 6.30. The second-order valence-corrected chi connectivity index (χ2v) is 5.25. The van der Waals surface area contributed by atoms with E-state index in [1.54, 1.807) is 18.2 Å². The van der Waals surface area contributed by atoms with Gasteiger partial charge in [0.25, 0.3) is 0 Å². The van der Waals surface area contributed by atoms with Crippen LogP contribution >= 0.6 is 11.6 Å². The number of hydrogen-bond donors (Lipinski definition) is 2. The molecule has 19 heavy (non-hydrogen) atoms. The number of benzene rings is 2. The minimum Gasteiger partial charge on any atom is -0.508 e. The fourth-order valence-electron chi connectivity index (χ4n) is 2.09. The molecule has 0 spiro atoms. The lowest BCUT2D eigenvalue weighted by Crippen LogP contribution is -2.08. The number of rotatable bonds is 3. The van der Waals surface area contributed by atoms with E-state index in [1.807, 2.05) is 19.1 Å². The van der Waals surface area contributed by atoms with Gasteiger partial charge in [-0.05, 0) is 56.2 Å². The van der Waals surface area contributed by atoms with E-state index in [0.717, 1.165) is 11.3 Å². The Morgan fingerprint density at radius 3 is 2.63 bits per heavy atom. The molecule has 0 fully saturated rings. The highest BCUT2D eigenvalue weighted by atomic mass is 35.5. The van der Waals surface area contributed by atoms with Crippen molar-refractivity contribution in [3.63, 3.8) is 0 Å². The maximum Gasteiger partial charge on any atom is 0.120 e. The zero-order valence-electron chi connectivity index (χ0n) is 11.4. The average Bonchev–Trinajstić information content (AvgIpc) is 2.38. The van der Waals surface area contributed by atoms with E-state index >= 15 is 0 Å². The van der Waals surface area contributed by atoms with E-state index in [2.05, 4.69) is 25.2 Å². The zero-order valence-corrected chi connectivity index (χ0v) is 12.1. The van der Waals surface area contributed by atoms with Gasteiger partial charge in [0.2, 0.25) is 0 Å². The van der Waals surface area contributed by atoms with E-state index in [9.17, 15) is 5.11 Å². The molecule has 100 valence electrons. The largest absolute Gasteiger partial charge is 0.508 e. The summed E-state index contributed by atoms with van der Waals surface area (Å²) in [6.07, 6.45) is 0. The monoisotopic (exact) mass is 275 g/mol. The standard InChI is InChI=1S/C16H18ClNO/c1-10-5-4-6-15(11(10)2)18-12(3)14-9-13(17)7-8-16(14)19/h4-9,12,18-19H,1-3H3. The van der Waals surface area contributed by atoms with Crippen LogP contribution in [0.15, 0.2) is 36.4 Å². The summed E-state index contributed by atoms with van der Waals surface area (Å²) in [5.41, 5.74) is 4.34. The Morgan fingerprint density at radius 2 is 1.89 bits per heavy atom. The van der Waals surface area contributed by atoms with Gasteiger partial charge in [0.05, 0.1) is 6.04 Å². The quantitative estimate of drug-likeness (QED) is 0.840. The summed E-state index contributed by atoms with van der Waals surface area (Å²) in [5.74, 6) is 0.259. The zero-order chi connectivity index (χ0) is 14.0. The highest BCUT2D eigenvalue weighted by molar-refractivity contribution is 6.30. The Balaban J connectivity index is 2.28. The number of anilines is 1. The Bertz CT molecular complexity index is 595. The summed E-state index contributed by atoms with van der Waals surface area (Å²) in [6, 6.07) is 11.2. The molecule has 0 aromatic heterocycles. The number of phenolic OH excluding ortho intramolecular Hbond substituents is 1. The Kier molecular flexibility index (Phi) is 4.01. The molecule has 0 radical (unpaired) electrons. The topological polar surface area (TPSA) is 32.3 Å². The lowest BCUT2D eigenvalue weighted by molar-refractivity contribution is 0.465. The van der Waals surface area contributed by atoms with Crippen LogP contribution in [-0.4, -0.2) is 5.11 Å². The van der Waals surface area contributed by atoms with Crippen molar-refractivity contribution in [1.82, 2.24) is 0 Å². The van der Waals surface area contributed by atoms with Crippen molar-refractivity contribution >= 4 is 17.3 Å². The second-order valence-electron chi connectivity index (χ2n) is 4.82. The van der Waals surface area contributed by atoms with Crippen LogP contribution < -0.4 is 5.32 Å². The van der Waals surface area contributed by atoms with Crippen molar-refractivity contribution in [2.75, 3.05) is 5.32 Å². The number of hydrogen-bond acceptors (Lipinski definition) is 2. The molecule has 1 unspecified atom stereocenters. The predicted octanol–water partition coefficient (Wildman–Crippen LogP) is 4.84. The lowest BCUT2D eigenvalue weighted by atomic mass is 10.0. The first-order valence-corrected chi connectivity index (χ1v) is 6.68. The van der Waals surface area contributed by atoms with Crippen molar-refractivity contribution in [2.24, 2.45) is 0 Å². The van der Waals surface area contributed by atoms with Gasteiger partial charge in [-0.25, -0.2) is 0 Å². The number of nitrogens with one attached hydrogen (secondary N) is 1. The van der Waals surface area contributed by atoms with Crippen molar-refractivity contribution in [1.29, 1.82) is 0 Å². The summed E-state index contributed by atoms with van der Waals surface area (Å²) in [4.78, 5) is 0. The molecule has 0 heterocycles. The van der Waals surface area contributed by atoms with Gasteiger partial charge in [-0.1, -0.05) is 23.7 Å². The second kappa shape index (κ2) is 5.54. The van der Waals surface area contributed by atoms with E-state index in [0.29, 0.717) is 5.02 Å². The maximum absolute atomic E-state index is 9.91. The van der Waals surface area contributed by atoms with Crippen LogP contribution in [0.4, 0.5) is 5.69 Å². The molecule has 0 bridgehead atoms. The molecular formula is C16H18ClNO. The normalized spacial score (nSPS) is 12.2. The van der Waals surface area contributed by atoms with Crippen LogP contribution in [0.1, 0.15) is 29.7 Å². The van der Waals surface area contributed by atoms with Crippen LogP contribution in [0.2, 0.25) is 5.02 Å². The summed E-state index contributed by atoms with van der Waals surface area (Å²) in [7, 11) is 0. The molecule has 3 heteroatoms. The molecule has 0 aliphatic rings. The molecular weight excluding hydrogens is 258 g/mol. The van der Waals surface area contributed by atoms with Gasteiger partial charge in [0.1, 0.15) is 5.75 Å². The Labute approximate surface area is 119 Å². The lowest BCUT2D eigenvalue weighted by Gasteiger charge is -2.19. The molecule has 0 aliphatic carbocycles. The third-order valence-corrected chi connectivity index (χ3v) is 3.67. The maximum atomic E-state index is 9.91. The molecule has 1 atom stereocenters. The highest BCUT2D eigenvalue weighted by Crippen LogP contribution is 2.30. The van der Waals surface area contributed by atoms with E-state index in [1.165, 1.54) is 11.1 Å². The number of phenols is 1. The summed E-state index contributed by atoms with van der Waals surface area (Å²) < 4.78 is 0. The molecule has 0 amide bonds. The Morgan fingerprint density at radius 1 is 1.16 bits per heavy atom. The Hall–Kier alpha value is -1.67. The fraction of sp³-hybridized carbons (Fsp3) is 0.250. The van der Waals surface area contributed by atoms with E-state index < -0.39 is 0 Å². The van der Waals surface area contributed by atoms with Gasteiger partial charge in [-0.15, -0.1) is 0 Å². The minimum atomic E-state index is -0.0146. The number of aryl methyl sites for hydroxylation is 1. The number of aromatic hydroxyl groups is 1. The molecule has 2 aromatic carbocycles. The van der Waals surface area contributed by atoms with Crippen molar-refractivity contribution in [3.05, 3.63) is 58.1 Å². The highest BCUT2D eigenvalue weighted by Gasteiger charge is 2.12. The first-order chi connectivity index (χ1) is 8.99. The summed E-state index contributed by atoms with van der Waals surface area (Å²) >= 11 is 5.98. The molecule has 0 saturated carbocycles. The van der Waals surface area contributed by atoms with Crippen LogP contribution in [-0.2, 0) is 0 Å². The van der Waals surface area contributed by atoms with Crippen molar-refractivity contribution in [2.45, 2.75) is 26.8 Å². The molecule has 2 nitrogen and oxygen atoms in total. The van der Waals surface area contributed by atoms with Crippen molar-refractivity contribution < 1.29 is 5.11 Å². The van der Waals surface area contributed by atoms with Gasteiger partial charge in [-0.3, -0.25) is 0 Å². The smallest absolute Gasteiger partial charge is 0.120 e. The van der Waals surface area contributed by atoms with Crippen LogP contribution in [0, 0.1) is 13.8 Å². The predicted molar refractivity (Wildman–Crippen MR) is 81.1 cm³/mol. The van der Waals surface area contributed by atoms with Gasteiger partial charge < -0.3 is 10.4 Å². The molecule has 0 aliphatic heterocycles. The van der Waals surface area contributed by atoms with Crippen LogP contribution in [0.25, 0.3) is 0 Å². The first kappa shape index (κ1) is 13.8. The van der Waals surface area contributed by atoms with Crippen molar-refractivity contribution in [3.8, 4) is 5.75 Å². The SMILES string of the molecule is Cc1cccc(NC(C)c2cc(Cl)ccc2O)c1C. The fourth-order valence-corrected chi connectivity index (χ4v) is 2.27. The third kappa shape index (κ3) is 3.02. The van der Waals surface area contributed by atoms with Gasteiger partial charge in [0.15, 0.2) is 0 Å². The minimum absolute atomic E-state index is 0.0146. The van der Waals surface area contributed by atoms with Crippen LogP contribution in [0.5, 0.6) is 5.75 Å². The average molecular weight is 276 g/mol. The summed E-state index contributed by atoms with van der Waals surface area (Å²) in [5, 5.41) is 14.0. The third-order valence-electron chi connectivity index (χ3n) is 3.43. The van der Waals surface area contributed by atoms with E-state index in [-0.39, 0.29) is 11.8 Å². The van der Waals surface area contributed by atoms with E-state index in [4.69, 9.17) is 11.6 Å². The van der Waals surface area contributed by atoms with Crippen LogP contribution in [0.3, 0.4) is 0 Å². The molecule has 2 N–H and O–H groups in total. The summed E-state index contributed by atoms with van der Waals surface area (Å²) in [6.45, 7) is 6.18. The molecule has 0 saturated heterocycles. The number of halogens is 1. The molecule has 2 rings (SSSR count). The van der Waals surface area contributed by atoms with Gasteiger partial charge in [-0.2, -0.15) is 0 Å². The van der Waals surface area contributed by atoms with Gasteiger partial charge >= 0.3 is 0 Å².